The molecule has 0 aliphatic carbocycles. The van der Waals surface area contributed by atoms with E-state index < -0.39 is 4.92 Å². The van der Waals surface area contributed by atoms with Gasteiger partial charge in [0.2, 0.25) is 0 Å². The molecule has 2 N–H and O–H groups in total. The molecule has 0 bridgehead atoms. The lowest BCUT2D eigenvalue weighted by Gasteiger charge is -2.14. The van der Waals surface area contributed by atoms with E-state index in [-0.39, 0.29) is 17.6 Å². The van der Waals surface area contributed by atoms with Gasteiger partial charge in [-0.25, -0.2) is 0 Å². The molecule has 1 aliphatic heterocycles. The summed E-state index contributed by atoms with van der Waals surface area (Å²) in [6.07, 6.45) is 0.979. The number of carbonyl (C=O) groups is 1. The molecule has 1 saturated heterocycles. The lowest BCUT2D eigenvalue weighted by atomic mass is 10.1. The minimum Gasteiger partial charge on any atom is -0.376 e. The average Bonchev–Trinajstić information content (AvgIpc) is 2.91. The van der Waals surface area contributed by atoms with Gasteiger partial charge in [-0.05, 0) is 31.2 Å². The van der Waals surface area contributed by atoms with E-state index in [1.807, 2.05) is 18.7 Å². The molecule has 1 aliphatic rings. The highest BCUT2D eigenvalue weighted by Gasteiger charge is 2.21. The fourth-order valence-electron chi connectivity index (χ4n) is 2.08. The molecule has 1 amide bonds. The van der Waals surface area contributed by atoms with Crippen LogP contribution in [-0.4, -0.2) is 34.9 Å². The van der Waals surface area contributed by atoms with Crippen LogP contribution < -0.4 is 10.6 Å². The van der Waals surface area contributed by atoms with Crippen molar-refractivity contribution in [2.45, 2.75) is 19.4 Å². The summed E-state index contributed by atoms with van der Waals surface area (Å²) < 4.78 is 0. The summed E-state index contributed by atoms with van der Waals surface area (Å²) in [6, 6.07) is 4.65. The molecule has 0 saturated carbocycles. The van der Waals surface area contributed by atoms with Crippen molar-refractivity contribution >= 4 is 29.0 Å². The first-order valence-electron chi connectivity index (χ1n) is 6.52. The van der Waals surface area contributed by atoms with Crippen molar-refractivity contribution in [3.63, 3.8) is 0 Å². The molecule has 6 nitrogen and oxygen atoms in total. The number of hydrogen-bond acceptors (Lipinski definition) is 5. The van der Waals surface area contributed by atoms with Crippen LogP contribution in [0.25, 0.3) is 0 Å². The molecule has 108 valence electrons. The van der Waals surface area contributed by atoms with Gasteiger partial charge in [0.15, 0.2) is 0 Å². The van der Waals surface area contributed by atoms with E-state index in [1.165, 1.54) is 12.1 Å². The van der Waals surface area contributed by atoms with Gasteiger partial charge in [0, 0.05) is 30.0 Å². The molecule has 7 heteroatoms. The van der Waals surface area contributed by atoms with Gasteiger partial charge in [0.05, 0.1) is 4.92 Å². The van der Waals surface area contributed by atoms with Crippen LogP contribution in [0.15, 0.2) is 18.2 Å². The number of nitro groups is 1. The molecule has 2 rings (SSSR count). The predicted octanol–water partition coefficient (Wildman–Crippen LogP) is 2.26. The van der Waals surface area contributed by atoms with E-state index >= 15 is 0 Å². The second kappa shape index (κ2) is 6.60. The first-order chi connectivity index (χ1) is 9.61. The van der Waals surface area contributed by atoms with Crippen LogP contribution in [0.3, 0.4) is 0 Å². The lowest BCUT2D eigenvalue weighted by Crippen LogP contribution is -2.23. The minimum atomic E-state index is -0.425. The summed E-state index contributed by atoms with van der Waals surface area (Å²) in [4.78, 5) is 22.4. The van der Waals surface area contributed by atoms with Gasteiger partial charge in [0.1, 0.15) is 5.69 Å². The second-order valence-corrected chi connectivity index (χ2v) is 5.70. The Balaban J connectivity index is 2.26. The molecule has 1 heterocycles. The lowest BCUT2D eigenvalue weighted by molar-refractivity contribution is -0.384. The summed E-state index contributed by atoms with van der Waals surface area (Å²) in [5.41, 5.74) is 0.867. The number of rotatable bonds is 5. The first-order valence-corrected chi connectivity index (χ1v) is 7.68. The van der Waals surface area contributed by atoms with Crippen LogP contribution in [0.4, 0.5) is 11.4 Å². The Morgan fingerprint density at radius 1 is 1.55 bits per heavy atom. The first kappa shape index (κ1) is 14.6. The van der Waals surface area contributed by atoms with Crippen LogP contribution in [0.5, 0.6) is 0 Å². The smallest absolute Gasteiger partial charge is 0.292 e. The maximum Gasteiger partial charge on any atom is 0.292 e. The average molecular weight is 295 g/mol. The maximum atomic E-state index is 11.8. The van der Waals surface area contributed by atoms with Crippen molar-refractivity contribution in [2.24, 2.45) is 0 Å². The van der Waals surface area contributed by atoms with Gasteiger partial charge in [-0.15, -0.1) is 0 Å². The Labute approximate surface area is 121 Å². The summed E-state index contributed by atoms with van der Waals surface area (Å²) in [6.45, 7) is 2.36. The summed E-state index contributed by atoms with van der Waals surface area (Å²) in [5, 5.41) is 16.9. The van der Waals surface area contributed by atoms with E-state index in [0.717, 1.165) is 17.9 Å². The van der Waals surface area contributed by atoms with Crippen LogP contribution in [0, 0.1) is 10.1 Å². The van der Waals surface area contributed by atoms with Crippen LogP contribution in [0.2, 0.25) is 0 Å². The fraction of sp³-hybridized carbons (Fsp3) is 0.462. The molecule has 0 radical (unpaired) electrons. The van der Waals surface area contributed by atoms with E-state index in [1.54, 1.807) is 6.07 Å². The van der Waals surface area contributed by atoms with Gasteiger partial charge in [-0.1, -0.05) is 0 Å². The topological polar surface area (TPSA) is 84.3 Å². The Bertz CT molecular complexity index is 516. The molecule has 0 spiro atoms. The summed E-state index contributed by atoms with van der Waals surface area (Å²) >= 11 is 1.82. The third-order valence-corrected chi connectivity index (χ3v) is 4.24. The van der Waals surface area contributed by atoms with Crippen molar-refractivity contribution in [3.05, 3.63) is 33.9 Å². The summed E-state index contributed by atoms with van der Waals surface area (Å²) in [5.74, 6) is 1.77. The highest BCUT2D eigenvalue weighted by Crippen LogP contribution is 2.29. The minimum absolute atomic E-state index is 0.00921. The van der Waals surface area contributed by atoms with E-state index in [0.29, 0.717) is 17.8 Å². The number of amides is 1. The van der Waals surface area contributed by atoms with E-state index in [9.17, 15) is 14.9 Å². The normalized spacial score (nSPS) is 17.8. The zero-order valence-corrected chi connectivity index (χ0v) is 12.0. The number of nitrogens with zero attached hydrogens (tertiary/aromatic N) is 1. The van der Waals surface area contributed by atoms with Gasteiger partial charge >= 0.3 is 0 Å². The molecule has 1 aromatic carbocycles. The molecule has 1 aromatic rings. The molecular weight excluding hydrogens is 278 g/mol. The fourth-order valence-corrected chi connectivity index (χ4v) is 3.24. The number of nitrogens with one attached hydrogen (secondary N) is 2. The Hall–Kier alpha value is -1.76. The third kappa shape index (κ3) is 3.41. The Morgan fingerprint density at radius 2 is 2.35 bits per heavy atom. The molecule has 0 aromatic heterocycles. The molecule has 20 heavy (non-hydrogen) atoms. The highest BCUT2D eigenvalue weighted by atomic mass is 32.2. The van der Waals surface area contributed by atoms with Crippen LogP contribution in [-0.2, 0) is 0 Å². The van der Waals surface area contributed by atoms with Gasteiger partial charge < -0.3 is 10.6 Å². The number of benzene rings is 1. The van der Waals surface area contributed by atoms with Crippen molar-refractivity contribution in [1.29, 1.82) is 0 Å². The standard InChI is InChI=1S/C13H17N3O3S/c1-2-14-13(17)9-3-4-12(16(18)19)11(7-9)15-10-5-6-20-8-10/h3-4,7,10,15H,2,5-6,8H2,1H3,(H,14,17). The molecule has 1 unspecified atom stereocenters. The molecular formula is C13H17N3O3S. The van der Waals surface area contributed by atoms with Gasteiger partial charge in [0.25, 0.3) is 11.6 Å². The van der Waals surface area contributed by atoms with Crippen molar-refractivity contribution in [3.8, 4) is 0 Å². The van der Waals surface area contributed by atoms with Crippen LogP contribution >= 0.6 is 11.8 Å². The zero-order valence-electron chi connectivity index (χ0n) is 11.2. The third-order valence-electron chi connectivity index (χ3n) is 3.08. The van der Waals surface area contributed by atoms with Crippen molar-refractivity contribution < 1.29 is 9.72 Å². The van der Waals surface area contributed by atoms with Crippen molar-refractivity contribution in [2.75, 3.05) is 23.4 Å². The summed E-state index contributed by atoms with van der Waals surface area (Å²) in [7, 11) is 0. The van der Waals surface area contributed by atoms with Gasteiger partial charge in [-0.3, -0.25) is 14.9 Å². The Kier molecular flexibility index (Phi) is 4.84. The van der Waals surface area contributed by atoms with Gasteiger partial charge in [-0.2, -0.15) is 11.8 Å². The van der Waals surface area contributed by atoms with Crippen LogP contribution in [0.1, 0.15) is 23.7 Å². The van der Waals surface area contributed by atoms with E-state index in [2.05, 4.69) is 10.6 Å². The van der Waals surface area contributed by atoms with Crippen molar-refractivity contribution in [1.82, 2.24) is 5.32 Å². The number of carbonyl (C=O) groups excluding carboxylic acids is 1. The maximum absolute atomic E-state index is 11.8. The monoisotopic (exact) mass is 295 g/mol. The highest BCUT2D eigenvalue weighted by molar-refractivity contribution is 7.99. The second-order valence-electron chi connectivity index (χ2n) is 4.55. The number of anilines is 1. The van der Waals surface area contributed by atoms with E-state index in [4.69, 9.17) is 0 Å². The zero-order chi connectivity index (χ0) is 14.5. The number of hydrogen-bond donors (Lipinski definition) is 2. The largest absolute Gasteiger partial charge is 0.376 e. The Morgan fingerprint density at radius 3 is 2.95 bits per heavy atom. The predicted molar refractivity (Wildman–Crippen MR) is 80.5 cm³/mol. The molecule has 1 fully saturated rings. The quantitative estimate of drug-likeness (QED) is 0.643. The molecule has 1 atom stereocenters. The SMILES string of the molecule is CCNC(=O)c1ccc([N+](=O)[O-])c(NC2CCSC2)c1. The number of thioether (sulfide) groups is 1. The number of nitro benzene ring substituents is 1.